The fraction of sp³-hybridized carbons (Fsp3) is 0.462. The summed E-state index contributed by atoms with van der Waals surface area (Å²) in [6.45, 7) is 6.13. The first-order chi connectivity index (χ1) is 20.1. The number of nitrogens with two attached hydrogens (primary N) is 1. The maximum Gasteiger partial charge on any atom is 0.459 e. The monoisotopic (exact) mass is 605 g/mol. The molecule has 2 fully saturated rings. The third-order valence-corrected chi connectivity index (χ3v) is 8.42. The van der Waals surface area contributed by atoms with Gasteiger partial charge in [-0.05, 0) is 44.9 Å². The summed E-state index contributed by atoms with van der Waals surface area (Å²) in [5.41, 5.74) is 3.91. The van der Waals surface area contributed by atoms with E-state index < -0.39 is 50.5 Å². The van der Waals surface area contributed by atoms with Crippen LogP contribution in [0.15, 0.2) is 49.3 Å². The average Bonchev–Trinajstić information content (AvgIpc) is 3.62. The minimum absolute atomic E-state index is 0.0605. The molecule has 0 amide bonds. The van der Waals surface area contributed by atoms with Gasteiger partial charge in [-0.3, -0.25) is 13.9 Å². The molecule has 3 heterocycles. The third kappa shape index (κ3) is 6.10. The number of nitrogens with zero attached hydrogens (tertiary/aromatic N) is 4. The van der Waals surface area contributed by atoms with Crippen LogP contribution in [0, 0.1) is 0 Å². The Balaban J connectivity index is 1.39. The lowest BCUT2D eigenvalue weighted by atomic mass is 9.96. The standard InChI is InChI=1S/C26H33FN7O7P/c1-4-26(27)20(35)18(13-39-42(37,33-15(3)23(36)38-5-2)41-17-9-7-6-8-10-17)40-24(26)34-14-29-19-21(30-16-11-12-16)31-25(28)32-22(19)34/h4,6-10,14-16,18,20,24,35H,1,5,11-13H2,2-3H3,(H,33,37)(H3,28,30,31,32)/t15-,18-,20-,24-,26-,42-/m1/s1. The van der Waals surface area contributed by atoms with Crippen LogP contribution in [0.25, 0.3) is 11.2 Å². The Hall–Kier alpha value is -3.62. The van der Waals surface area contributed by atoms with Crippen molar-refractivity contribution in [2.24, 2.45) is 0 Å². The highest BCUT2D eigenvalue weighted by Crippen LogP contribution is 2.48. The van der Waals surface area contributed by atoms with Crippen LogP contribution in [0.5, 0.6) is 5.75 Å². The van der Waals surface area contributed by atoms with Crippen LogP contribution in [0.2, 0.25) is 0 Å². The molecule has 16 heteroatoms. The van der Waals surface area contributed by atoms with Crippen LogP contribution in [0.1, 0.15) is 32.9 Å². The molecule has 2 aliphatic rings. The van der Waals surface area contributed by atoms with Gasteiger partial charge in [-0.25, -0.2) is 13.9 Å². The Morgan fingerprint density at radius 2 is 2.12 bits per heavy atom. The van der Waals surface area contributed by atoms with E-state index in [1.807, 2.05) is 0 Å². The highest BCUT2D eigenvalue weighted by atomic mass is 31.2. The molecule has 226 valence electrons. The molecule has 14 nitrogen and oxygen atoms in total. The number of aromatic nitrogens is 4. The molecule has 5 N–H and O–H groups in total. The fourth-order valence-corrected chi connectivity index (χ4v) is 5.97. The molecule has 3 aromatic rings. The predicted molar refractivity (Wildman–Crippen MR) is 150 cm³/mol. The molecule has 0 bridgehead atoms. The quantitative estimate of drug-likeness (QED) is 0.127. The van der Waals surface area contributed by atoms with Gasteiger partial charge >= 0.3 is 13.7 Å². The number of rotatable bonds is 13. The van der Waals surface area contributed by atoms with Gasteiger partial charge in [0.2, 0.25) is 11.6 Å². The van der Waals surface area contributed by atoms with Crippen molar-refractivity contribution in [3.8, 4) is 5.75 Å². The second kappa shape index (κ2) is 11.9. The van der Waals surface area contributed by atoms with Crippen LogP contribution in [0.3, 0.4) is 0 Å². The first-order valence-electron chi connectivity index (χ1n) is 13.4. The number of aliphatic hydroxyl groups is 1. The van der Waals surface area contributed by atoms with Crippen molar-refractivity contribution in [1.29, 1.82) is 0 Å². The second-order valence-electron chi connectivity index (χ2n) is 9.98. The van der Waals surface area contributed by atoms with Crippen molar-refractivity contribution in [2.75, 3.05) is 24.3 Å². The van der Waals surface area contributed by atoms with Gasteiger partial charge in [0.25, 0.3) is 0 Å². The van der Waals surface area contributed by atoms with Crippen LogP contribution < -0.4 is 20.7 Å². The maximum atomic E-state index is 16.4. The zero-order valence-corrected chi connectivity index (χ0v) is 23.9. The van der Waals surface area contributed by atoms with E-state index in [2.05, 4.69) is 31.9 Å². The van der Waals surface area contributed by atoms with Crippen LogP contribution in [0.4, 0.5) is 16.2 Å². The average molecular weight is 606 g/mol. The van der Waals surface area contributed by atoms with Gasteiger partial charge in [0.15, 0.2) is 23.2 Å². The number of halogens is 1. The van der Waals surface area contributed by atoms with E-state index in [1.165, 1.54) is 30.0 Å². The summed E-state index contributed by atoms with van der Waals surface area (Å²) in [6.07, 6.45) is -0.487. The number of anilines is 2. The zero-order chi connectivity index (χ0) is 30.1. The topological polar surface area (TPSA) is 185 Å². The first-order valence-corrected chi connectivity index (χ1v) is 15.0. The number of hydrogen-bond donors (Lipinski definition) is 4. The summed E-state index contributed by atoms with van der Waals surface area (Å²) in [5.74, 6) is -0.164. The molecular formula is C26H33FN7O7P. The largest absolute Gasteiger partial charge is 0.465 e. The van der Waals surface area contributed by atoms with Crippen molar-refractivity contribution in [3.63, 3.8) is 0 Å². The number of carbonyl (C=O) groups excluding carboxylic acids is 1. The lowest BCUT2D eigenvalue weighted by molar-refractivity contribution is -0.144. The number of benzene rings is 1. The minimum atomic E-state index is -4.30. The molecule has 1 saturated heterocycles. The minimum Gasteiger partial charge on any atom is -0.465 e. The van der Waals surface area contributed by atoms with Crippen LogP contribution in [-0.4, -0.2) is 73.8 Å². The lowest BCUT2D eigenvalue weighted by Crippen LogP contribution is -2.42. The number of fused-ring (bicyclic) bond motifs is 1. The predicted octanol–water partition coefficient (Wildman–Crippen LogP) is 2.88. The van der Waals surface area contributed by atoms with Gasteiger partial charge in [-0.15, -0.1) is 0 Å². The molecule has 6 atom stereocenters. The number of alkyl halides is 1. The number of hydrogen-bond acceptors (Lipinski definition) is 12. The summed E-state index contributed by atoms with van der Waals surface area (Å²) >= 11 is 0. The maximum absolute atomic E-state index is 16.4. The number of aliphatic hydroxyl groups excluding tert-OH is 1. The normalized spacial score (nSPS) is 26.0. The molecule has 1 aromatic carbocycles. The summed E-state index contributed by atoms with van der Waals surface area (Å²) in [5, 5.41) is 16.8. The zero-order valence-electron chi connectivity index (χ0n) is 23.1. The fourth-order valence-electron chi connectivity index (χ4n) is 4.47. The second-order valence-corrected chi connectivity index (χ2v) is 11.7. The van der Waals surface area contributed by atoms with E-state index in [9.17, 15) is 14.5 Å². The van der Waals surface area contributed by atoms with Gasteiger partial charge in [0.05, 0.1) is 19.5 Å². The molecule has 5 rings (SSSR count). The highest BCUT2D eigenvalue weighted by Gasteiger charge is 2.57. The molecule has 0 unspecified atom stereocenters. The number of nitrogens with one attached hydrogen (secondary N) is 2. The van der Waals surface area contributed by atoms with Crippen LogP contribution >= 0.6 is 7.75 Å². The molecule has 0 spiro atoms. The van der Waals surface area contributed by atoms with E-state index in [4.69, 9.17) is 24.3 Å². The lowest BCUT2D eigenvalue weighted by Gasteiger charge is -2.26. The van der Waals surface area contributed by atoms with E-state index in [0.717, 1.165) is 18.9 Å². The molecule has 1 saturated carbocycles. The van der Waals surface area contributed by atoms with Gasteiger partial charge in [0, 0.05) is 6.04 Å². The molecule has 2 aromatic heterocycles. The van der Waals surface area contributed by atoms with Crippen LogP contribution in [-0.2, 0) is 23.4 Å². The van der Waals surface area contributed by atoms with Crippen molar-refractivity contribution in [2.45, 2.75) is 62.9 Å². The smallest absolute Gasteiger partial charge is 0.459 e. The van der Waals surface area contributed by atoms with Crippen molar-refractivity contribution in [3.05, 3.63) is 49.3 Å². The van der Waals surface area contributed by atoms with Crippen molar-refractivity contribution in [1.82, 2.24) is 24.6 Å². The van der Waals surface area contributed by atoms with Gasteiger partial charge in [-0.2, -0.15) is 15.1 Å². The number of imidazole rings is 1. The summed E-state index contributed by atoms with van der Waals surface area (Å²) < 4.78 is 53.6. The SMILES string of the molecule is C=C[C@@]1(F)[C@H](O)[C@@H](CO[P@](=O)(N[C@H](C)C(=O)OCC)Oc2ccccc2)O[C@H]1n1cnc2c(NC3CC3)nc(N)nc21. The Labute approximate surface area is 241 Å². The number of para-hydroxylation sites is 1. The van der Waals surface area contributed by atoms with Gasteiger partial charge in [-0.1, -0.05) is 24.8 Å². The summed E-state index contributed by atoms with van der Waals surface area (Å²) in [6, 6.07) is 7.27. The van der Waals surface area contributed by atoms with E-state index >= 15 is 4.39 Å². The molecule has 1 aliphatic heterocycles. The number of esters is 1. The molecular weight excluding hydrogens is 572 g/mol. The summed E-state index contributed by atoms with van der Waals surface area (Å²) in [7, 11) is -4.30. The number of ether oxygens (including phenoxy) is 2. The van der Waals surface area contributed by atoms with E-state index in [1.54, 1.807) is 25.1 Å². The van der Waals surface area contributed by atoms with Gasteiger partial charge < -0.3 is 30.2 Å². The third-order valence-electron chi connectivity index (χ3n) is 6.78. The Morgan fingerprint density at radius 3 is 2.79 bits per heavy atom. The van der Waals surface area contributed by atoms with Crippen molar-refractivity contribution >= 4 is 36.6 Å². The Morgan fingerprint density at radius 1 is 1.38 bits per heavy atom. The molecule has 1 aliphatic carbocycles. The molecule has 42 heavy (non-hydrogen) atoms. The first kappa shape index (κ1) is 29.9. The molecule has 0 radical (unpaired) electrons. The Bertz CT molecular complexity index is 1490. The number of carbonyl (C=O) groups is 1. The Kier molecular flexibility index (Phi) is 8.49. The van der Waals surface area contributed by atoms with Crippen molar-refractivity contribution < 1.29 is 37.4 Å². The van der Waals surface area contributed by atoms with E-state index in [-0.39, 0.29) is 30.0 Å². The van der Waals surface area contributed by atoms with Gasteiger partial charge in [0.1, 0.15) is 24.0 Å². The number of nitrogen functional groups attached to an aromatic ring is 1. The summed E-state index contributed by atoms with van der Waals surface area (Å²) in [4.78, 5) is 25.0. The van der Waals surface area contributed by atoms with E-state index in [0.29, 0.717) is 11.3 Å². The highest BCUT2D eigenvalue weighted by molar-refractivity contribution is 7.52.